The highest BCUT2D eigenvalue weighted by atomic mass is 31.1. The zero-order valence-electron chi connectivity index (χ0n) is 15.7. The summed E-state index contributed by atoms with van der Waals surface area (Å²) in [4.78, 5) is 0.520. The summed E-state index contributed by atoms with van der Waals surface area (Å²) in [6.07, 6.45) is 19.1. The van der Waals surface area contributed by atoms with E-state index in [9.17, 15) is 5.11 Å². The minimum Gasteiger partial charge on any atom is -0.396 e. The molecule has 138 valence electrons. The summed E-state index contributed by atoms with van der Waals surface area (Å²) in [6.45, 7) is 2.99. The zero-order chi connectivity index (χ0) is 16.6. The molecule has 2 aliphatic carbocycles. The van der Waals surface area contributed by atoms with Crippen molar-refractivity contribution in [1.82, 2.24) is 0 Å². The van der Waals surface area contributed by atoms with Crippen LogP contribution in [0.15, 0.2) is 0 Å². The van der Waals surface area contributed by atoms with E-state index in [0.717, 1.165) is 40.3 Å². The molecule has 5 rings (SSSR count). The fourth-order valence-electron chi connectivity index (χ4n) is 6.70. The van der Waals surface area contributed by atoms with Crippen LogP contribution in [0, 0.1) is 17.3 Å². The number of rotatable bonds is 1. The Bertz CT molecular complexity index is 438. The lowest BCUT2D eigenvalue weighted by atomic mass is 9.69. The topological polar surface area (TPSA) is 20.2 Å². The van der Waals surface area contributed by atoms with E-state index in [1.165, 1.54) is 83.5 Å². The van der Waals surface area contributed by atoms with E-state index in [0.29, 0.717) is 11.5 Å². The molecular weight excluding hydrogens is 330 g/mol. The Balaban J connectivity index is 1.73. The molecule has 4 bridgehead atoms. The number of fused-ring (bicyclic) bond motifs is 7. The molecule has 3 heteroatoms. The first-order valence-electron chi connectivity index (χ1n) is 10.8. The van der Waals surface area contributed by atoms with Gasteiger partial charge in [0.25, 0.3) is 0 Å². The zero-order valence-corrected chi connectivity index (χ0v) is 17.7. The van der Waals surface area contributed by atoms with Crippen molar-refractivity contribution in [3.8, 4) is 0 Å². The van der Waals surface area contributed by atoms with Crippen molar-refractivity contribution in [3.05, 3.63) is 0 Å². The summed E-state index contributed by atoms with van der Waals surface area (Å²) in [6, 6.07) is 0. The van der Waals surface area contributed by atoms with E-state index in [4.69, 9.17) is 0 Å². The second-order valence-corrected chi connectivity index (χ2v) is 14.0. The van der Waals surface area contributed by atoms with E-state index in [2.05, 4.69) is 6.92 Å². The Morgan fingerprint density at radius 2 is 1.42 bits per heavy atom. The summed E-state index contributed by atoms with van der Waals surface area (Å²) in [5.74, 6) is 1.84. The monoisotopic (exact) mass is 368 g/mol. The fraction of sp³-hybridized carbons (Fsp3) is 1.00. The summed E-state index contributed by atoms with van der Waals surface area (Å²) >= 11 is 0. The molecule has 8 unspecified atom stereocenters. The first-order chi connectivity index (χ1) is 11.7. The molecule has 3 saturated heterocycles. The van der Waals surface area contributed by atoms with Crippen molar-refractivity contribution < 1.29 is 5.11 Å². The van der Waals surface area contributed by atoms with Crippen LogP contribution in [0.1, 0.15) is 90.4 Å². The van der Waals surface area contributed by atoms with Crippen molar-refractivity contribution >= 4 is 17.2 Å². The molecule has 0 aromatic rings. The van der Waals surface area contributed by atoms with Crippen molar-refractivity contribution in [1.29, 1.82) is 0 Å². The van der Waals surface area contributed by atoms with Gasteiger partial charge in [0.1, 0.15) is 0 Å². The third-order valence-corrected chi connectivity index (χ3v) is 13.8. The van der Waals surface area contributed by atoms with Crippen LogP contribution in [0.3, 0.4) is 0 Å². The largest absolute Gasteiger partial charge is 0.396 e. The number of hydrogen-bond acceptors (Lipinski definition) is 1. The van der Waals surface area contributed by atoms with E-state index in [-0.39, 0.29) is 5.41 Å². The van der Waals surface area contributed by atoms with E-state index < -0.39 is 0 Å². The summed E-state index contributed by atoms with van der Waals surface area (Å²) < 4.78 is 0. The Labute approximate surface area is 153 Å². The standard InChI is InChI=1S/C21H38OP2/c1-20(15-22)14-16-6-2-4-8-18(12-10-16)23-21(20)17-7-3-5-9-19(24-21)13-11-17/h16-19,22-24H,2-15H2,1H3. The van der Waals surface area contributed by atoms with Crippen LogP contribution < -0.4 is 0 Å². The average molecular weight is 368 g/mol. The molecule has 0 aromatic carbocycles. The smallest absolute Gasteiger partial charge is 0.0496 e. The first-order valence-corrected chi connectivity index (χ1v) is 13.0. The minimum atomic E-state index is 0.214. The number of hydrogen-bond donors (Lipinski definition) is 1. The predicted molar refractivity (Wildman–Crippen MR) is 109 cm³/mol. The third kappa shape index (κ3) is 3.25. The molecule has 0 amide bonds. The molecule has 3 aliphatic heterocycles. The number of aliphatic hydroxyl groups excluding tert-OH is 1. The number of aliphatic hydroxyl groups is 1. The van der Waals surface area contributed by atoms with Crippen LogP contribution in [-0.4, -0.2) is 27.9 Å². The Morgan fingerprint density at radius 3 is 2.12 bits per heavy atom. The lowest BCUT2D eigenvalue weighted by Crippen LogP contribution is -2.53. The average Bonchev–Trinajstić information content (AvgIpc) is 2.53. The first kappa shape index (κ1) is 18.2. The van der Waals surface area contributed by atoms with E-state index >= 15 is 0 Å². The van der Waals surface area contributed by atoms with Gasteiger partial charge in [-0.3, -0.25) is 0 Å². The second kappa shape index (κ2) is 7.44. The van der Waals surface area contributed by atoms with Crippen LogP contribution in [-0.2, 0) is 0 Å². The Hall–Kier alpha value is 0.820. The van der Waals surface area contributed by atoms with Crippen LogP contribution >= 0.6 is 17.2 Å². The Morgan fingerprint density at radius 1 is 0.792 bits per heavy atom. The molecule has 8 atom stereocenters. The SMILES string of the molecule is CC1(CO)CC2CCCCC(CC2)PC12PC1CCCCC2CC1. The van der Waals surface area contributed by atoms with Gasteiger partial charge in [0.05, 0.1) is 0 Å². The maximum atomic E-state index is 10.7. The van der Waals surface area contributed by atoms with Crippen LogP contribution in [0.2, 0.25) is 0 Å². The van der Waals surface area contributed by atoms with Gasteiger partial charge in [-0.25, -0.2) is 0 Å². The van der Waals surface area contributed by atoms with Crippen LogP contribution in [0.25, 0.3) is 0 Å². The van der Waals surface area contributed by atoms with Gasteiger partial charge in [0.2, 0.25) is 0 Å². The van der Waals surface area contributed by atoms with Gasteiger partial charge in [0.15, 0.2) is 0 Å². The molecule has 5 aliphatic rings. The van der Waals surface area contributed by atoms with E-state index in [1.54, 1.807) is 0 Å². The van der Waals surface area contributed by atoms with Gasteiger partial charge in [-0.2, -0.15) is 0 Å². The fourth-order valence-corrected chi connectivity index (χ4v) is 13.0. The maximum absolute atomic E-state index is 10.7. The molecule has 1 spiro atoms. The van der Waals surface area contributed by atoms with Crippen molar-refractivity contribution in [2.24, 2.45) is 17.3 Å². The molecule has 0 radical (unpaired) electrons. The predicted octanol–water partition coefficient (Wildman–Crippen LogP) is 6.13. The molecule has 1 nitrogen and oxygen atoms in total. The van der Waals surface area contributed by atoms with Crippen LogP contribution in [0.5, 0.6) is 0 Å². The van der Waals surface area contributed by atoms with Crippen molar-refractivity contribution in [2.45, 2.75) is 107 Å². The Kier molecular flexibility index (Phi) is 5.64. The van der Waals surface area contributed by atoms with Crippen molar-refractivity contribution in [3.63, 3.8) is 0 Å². The lowest BCUT2D eigenvalue weighted by molar-refractivity contribution is 0.0590. The molecule has 0 aromatic heterocycles. The molecule has 3 heterocycles. The molecule has 24 heavy (non-hydrogen) atoms. The van der Waals surface area contributed by atoms with Gasteiger partial charge < -0.3 is 5.11 Å². The molecule has 1 N–H and O–H groups in total. The third-order valence-electron chi connectivity index (χ3n) is 8.07. The van der Waals surface area contributed by atoms with Gasteiger partial charge in [-0.1, -0.05) is 39.0 Å². The molecule has 5 fully saturated rings. The van der Waals surface area contributed by atoms with E-state index in [1.807, 2.05) is 0 Å². The van der Waals surface area contributed by atoms with Gasteiger partial charge >= 0.3 is 0 Å². The molecule has 2 saturated carbocycles. The van der Waals surface area contributed by atoms with Gasteiger partial charge in [0, 0.05) is 16.9 Å². The second-order valence-electron chi connectivity index (χ2n) is 9.70. The van der Waals surface area contributed by atoms with Gasteiger partial charge in [-0.15, -0.1) is 17.2 Å². The highest BCUT2D eigenvalue weighted by molar-refractivity contribution is 7.60. The molecular formula is C21H38OP2. The highest BCUT2D eigenvalue weighted by Gasteiger charge is 2.57. The minimum absolute atomic E-state index is 0.214. The van der Waals surface area contributed by atoms with Crippen molar-refractivity contribution in [2.75, 3.05) is 6.61 Å². The summed E-state index contributed by atoms with van der Waals surface area (Å²) in [5, 5.41) is 10.7. The quantitative estimate of drug-likeness (QED) is 0.552. The maximum Gasteiger partial charge on any atom is 0.0496 e. The summed E-state index contributed by atoms with van der Waals surface area (Å²) in [7, 11) is 2.31. The summed E-state index contributed by atoms with van der Waals surface area (Å²) in [5.41, 5.74) is 2.21. The van der Waals surface area contributed by atoms with Gasteiger partial charge in [-0.05, 0) is 74.5 Å². The normalized spacial score (nSPS) is 51.8. The highest BCUT2D eigenvalue weighted by Crippen LogP contribution is 2.72. The lowest BCUT2D eigenvalue weighted by Gasteiger charge is -2.60. The van der Waals surface area contributed by atoms with Crippen LogP contribution in [0.4, 0.5) is 0 Å².